The molecule has 0 spiro atoms. The number of nitriles is 1. The van der Waals surface area contributed by atoms with Gasteiger partial charge in [-0.3, -0.25) is 24.0 Å². The molecular formula is C18H22N6O7S. The van der Waals surface area contributed by atoms with Gasteiger partial charge in [-0.05, 0) is 13.0 Å². The maximum atomic E-state index is 12.1. The Morgan fingerprint density at radius 3 is 2.06 bits per heavy atom. The molecule has 4 amide bonds. The average molecular weight is 466 g/mol. The summed E-state index contributed by atoms with van der Waals surface area (Å²) >= 11 is 0. The Hall–Kier alpha value is -3.86. The lowest BCUT2D eigenvalue weighted by atomic mass is 10.2. The number of pyridine rings is 1. The molecule has 0 aliphatic heterocycles. The van der Waals surface area contributed by atoms with Crippen molar-refractivity contribution in [1.82, 2.24) is 26.3 Å². The highest BCUT2D eigenvalue weighted by molar-refractivity contribution is 7.90. The molecule has 1 aromatic heterocycles. The molecular weight excluding hydrogens is 444 g/mol. The Balaban J connectivity index is 2.39. The second-order valence-corrected chi connectivity index (χ2v) is 8.43. The predicted octanol–water partition coefficient (Wildman–Crippen LogP) is -2.59. The van der Waals surface area contributed by atoms with Crippen molar-refractivity contribution in [2.75, 3.05) is 32.4 Å². The fourth-order valence-corrected chi connectivity index (χ4v) is 2.89. The van der Waals surface area contributed by atoms with Crippen LogP contribution in [0.1, 0.15) is 29.3 Å². The first-order valence-corrected chi connectivity index (χ1v) is 11.0. The number of ketones is 1. The van der Waals surface area contributed by atoms with Crippen LogP contribution >= 0.6 is 0 Å². The van der Waals surface area contributed by atoms with Crippen molar-refractivity contribution in [3.63, 3.8) is 0 Å². The minimum absolute atomic E-state index is 0.0585. The fraction of sp³-hybridized carbons (Fsp3) is 0.389. The van der Waals surface area contributed by atoms with E-state index in [0.717, 1.165) is 18.5 Å². The lowest BCUT2D eigenvalue weighted by Crippen LogP contribution is -2.43. The Labute approximate surface area is 183 Å². The van der Waals surface area contributed by atoms with E-state index in [-0.39, 0.29) is 43.0 Å². The second-order valence-electron chi connectivity index (χ2n) is 6.50. The van der Waals surface area contributed by atoms with E-state index < -0.39 is 45.0 Å². The van der Waals surface area contributed by atoms with Crippen LogP contribution < -0.4 is 21.3 Å². The normalized spacial score (nSPS) is 10.4. The average Bonchev–Trinajstić information content (AvgIpc) is 2.73. The fourth-order valence-electron chi connectivity index (χ4n) is 2.14. The molecule has 0 saturated carbocycles. The number of carbonyl (C=O) groups excluding carboxylic acids is 5. The molecule has 32 heavy (non-hydrogen) atoms. The molecule has 0 aliphatic rings. The summed E-state index contributed by atoms with van der Waals surface area (Å²) < 4.78 is 23.1. The Morgan fingerprint density at radius 1 is 0.969 bits per heavy atom. The second kappa shape index (κ2) is 12.1. The van der Waals surface area contributed by atoms with E-state index in [2.05, 4.69) is 26.3 Å². The van der Waals surface area contributed by atoms with Crippen molar-refractivity contribution < 1.29 is 32.4 Å². The standard InChI is InChI=1S/C18H22N6O7S/c1-11(25)7-21-15(27)10-23-16(28)9-22-14(26)3-4-20-17(29)13-5-12(6-19)18(24-8-13)32(2,30)31/h5,8H,3-4,7,9-10H2,1-2H3,(H,20,29)(H,21,27)(H,22,26)(H,23,28). The van der Waals surface area contributed by atoms with Crippen LogP contribution in [0.4, 0.5) is 0 Å². The third-order valence-corrected chi connectivity index (χ3v) is 4.68. The van der Waals surface area contributed by atoms with Gasteiger partial charge in [0, 0.05) is 25.4 Å². The molecule has 13 nitrogen and oxygen atoms in total. The molecule has 0 aliphatic carbocycles. The van der Waals surface area contributed by atoms with Gasteiger partial charge in [0.25, 0.3) is 5.91 Å². The SMILES string of the molecule is CC(=O)CNC(=O)CNC(=O)CNC(=O)CCNC(=O)c1cnc(S(C)(=O)=O)c(C#N)c1. The summed E-state index contributed by atoms with van der Waals surface area (Å²) in [5.41, 5.74) is -0.337. The topological polar surface area (TPSA) is 204 Å². The molecule has 1 aromatic rings. The first-order valence-electron chi connectivity index (χ1n) is 9.12. The van der Waals surface area contributed by atoms with Crippen LogP contribution in [-0.2, 0) is 29.0 Å². The number of hydrogen-bond donors (Lipinski definition) is 4. The lowest BCUT2D eigenvalue weighted by molar-refractivity contribution is -0.128. The summed E-state index contributed by atoms with van der Waals surface area (Å²) in [6.45, 7) is 0.304. The molecule has 14 heteroatoms. The van der Waals surface area contributed by atoms with E-state index in [9.17, 15) is 32.4 Å². The highest BCUT2D eigenvalue weighted by Crippen LogP contribution is 2.13. The number of sulfone groups is 1. The molecule has 0 saturated heterocycles. The van der Waals surface area contributed by atoms with Gasteiger partial charge in [0.15, 0.2) is 14.9 Å². The number of Topliss-reactive ketones (excluding diaryl/α,β-unsaturated/α-hetero) is 1. The number of hydrogen-bond acceptors (Lipinski definition) is 9. The largest absolute Gasteiger partial charge is 0.351 e. The minimum Gasteiger partial charge on any atom is -0.351 e. The van der Waals surface area contributed by atoms with E-state index in [0.29, 0.717) is 0 Å². The number of aromatic nitrogens is 1. The Morgan fingerprint density at radius 2 is 1.53 bits per heavy atom. The highest BCUT2D eigenvalue weighted by Gasteiger charge is 2.18. The van der Waals surface area contributed by atoms with Gasteiger partial charge in [-0.2, -0.15) is 5.26 Å². The van der Waals surface area contributed by atoms with Gasteiger partial charge in [-0.15, -0.1) is 0 Å². The van der Waals surface area contributed by atoms with E-state index in [4.69, 9.17) is 5.26 Å². The summed E-state index contributed by atoms with van der Waals surface area (Å²) in [6, 6.07) is 2.74. The molecule has 0 fully saturated rings. The molecule has 4 N–H and O–H groups in total. The number of amides is 4. The first-order chi connectivity index (χ1) is 14.9. The smallest absolute Gasteiger partial charge is 0.252 e. The van der Waals surface area contributed by atoms with Crippen LogP contribution in [0.2, 0.25) is 0 Å². The Bertz CT molecular complexity index is 1060. The number of nitrogens with one attached hydrogen (secondary N) is 4. The van der Waals surface area contributed by atoms with Crippen molar-refractivity contribution in [3.8, 4) is 6.07 Å². The van der Waals surface area contributed by atoms with Crippen molar-refractivity contribution in [1.29, 1.82) is 5.26 Å². The molecule has 0 aromatic carbocycles. The van der Waals surface area contributed by atoms with Crippen LogP contribution in [0.15, 0.2) is 17.3 Å². The zero-order chi connectivity index (χ0) is 24.3. The number of rotatable bonds is 11. The molecule has 0 atom stereocenters. The Kier molecular flexibility index (Phi) is 9.90. The van der Waals surface area contributed by atoms with Crippen molar-refractivity contribution >= 4 is 39.2 Å². The first kappa shape index (κ1) is 26.2. The van der Waals surface area contributed by atoms with E-state index in [1.54, 1.807) is 6.07 Å². The molecule has 0 radical (unpaired) electrons. The summed E-state index contributed by atoms with van der Waals surface area (Å²) in [5, 5.41) is 17.9. The van der Waals surface area contributed by atoms with Gasteiger partial charge in [0.1, 0.15) is 11.9 Å². The maximum absolute atomic E-state index is 12.1. The van der Waals surface area contributed by atoms with E-state index >= 15 is 0 Å². The monoisotopic (exact) mass is 466 g/mol. The predicted molar refractivity (Wildman–Crippen MR) is 109 cm³/mol. The molecule has 0 bridgehead atoms. The van der Waals surface area contributed by atoms with E-state index in [1.165, 1.54) is 6.92 Å². The summed E-state index contributed by atoms with van der Waals surface area (Å²) in [5.74, 6) is -2.64. The van der Waals surface area contributed by atoms with Gasteiger partial charge in [-0.25, -0.2) is 13.4 Å². The molecule has 1 heterocycles. The van der Waals surface area contributed by atoms with Crippen LogP contribution in [0.25, 0.3) is 0 Å². The van der Waals surface area contributed by atoms with Gasteiger partial charge >= 0.3 is 0 Å². The zero-order valence-corrected chi connectivity index (χ0v) is 18.2. The zero-order valence-electron chi connectivity index (χ0n) is 17.4. The van der Waals surface area contributed by atoms with Gasteiger partial charge in [-0.1, -0.05) is 0 Å². The molecule has 172 valence electrons. The van der Waals surface area contributed by atoms with E-state index in [1.807, 2.05) is 0 Å². The lowest BCUT2D eigenvalue weighted by Gasteiger charge is -2.08. The summed E-state index contributed by atoms with van der Waals surface area (Å²) in [4.78, 5) is 61.2. The van der Waals surface area contributed by atoms with Gasteiger partial charge in [0.05, 0.1) is 30.8 Å². The third kappa shape index (κ3) is 9.30. The number of carbonyl (C=O) groups is 5. The van der Waals surface area contributed by atoms with Crippen molar-refractivity contribution in [3.05, 3.63) is 23.4 Å². The highest BCUT2D eigenvalue weighted by atomic mass is 32.2. The maximum Gasteiger partial charge on any atom is 0.252 e. The quantitative estimate of drug-likeness (QED) is 0.270. The van der Waals surface area contributed by atoms with Gasteiger partial charge in [0.2, 0.25) is 17.7 Å². The van der Waals surface area contributed by atoms with Crippen LogP contribution in [0, 0.1) is 11.3 Å². The summed E-state index contributed by atoms with van der Waals surface area (Å²) in [7, 11) is -3.73. The number of nitrogens with zero attached hydrogens (tertiary/aromatic N) is 2. The van der Waals surface area contributed by atoms with Crippen molar-refractivity contribution in [2.45, 2.75) is 18.4 Å². The third-order valence-electron chi connectivity index (χ3n) is 3.65. The van der Waals surface area contributed by atoms with Crippen LogP contribution in [0.3, 0.4) is 0 Å². The van der Waals surface area contributed by atoms with Crippen molar-refractivity contribution in [2.24, 2.45) is 0 Å². The van der Waals surface area contributed by atoms with Gasteiger partial charge < -0.3 is 21.3 Å². The summed E-state index contributed by atoms with van der Waals surface area (Å²) in [6.07, 6.45) is 1.72. The van der Waals surface area contributed by atoms with Crippen LogP contribution in [-0.4, -0.2) is 75.2 Å². The molecule has 1 rings (SSSR count). The minimum atomic E-state index is -3.73. The molecule has 0 unspecified atom stereocenters. The van der Waals surface area contributed by atoms with Crippen LogP contribution in [0.5, 0.6) is 0 Å².